The summed E-state index contributed by atoms with van der Waals surface area (Å²) in [7, 11) is 1.71. The zero-order chi connectivity index (χ0) is 13.8. The van der Waals surface area contributed by atoms with Crippen LogP contribution in [0.1, 0.15) is 38.3 Å². The van der Waals surface area contributed by atoms with E-state index >= 15 is 0 Å². The van der Waals surface area contributed by atoms with Crippen LogP contribution in [0, 0.1) is 5.92 Å². The summed E-state index contributed by atoms with van der Waals surface area (Å²) in [6.07, 6.45) is 2.12. The van der Waals surface area contributed by atoms with Gasteiger partial charge < -0.3 is 10.5 Å². The first-order chi connectivity index (χ1) is 9.13. The summed E-state index contributed by atoms with van der Waals surface area (Å²) in [5.74, 6) is 1.57. The third kappa shape index (κ3) is 3.65. The van der Waals surface area contributed by atoms with Crippen LogP contribution in [0.3, 0.4) is 0 Å². The van der Waals surface area contributed by atoms with Crippen LogP contribution in [0.2, 0.25) is 0 Å². The van der Waals surface area contributed by atoms with E-state index in [1.807, 2.05) is 6.07 Å². The van der Waals surface area contributed by atoms with E-state index in [0.717, 1.165) is 24.2 Å². The second-order valence-electron chi connectivity index (χ2n) is 5.48. The number of methoxy groups -OCH3 is 1. The SMILES string of the molecule is COc1ccc2ccccc2c1[C@H](N)CCC(C)C.Cl. The van der Waals surface area contributed by atoms with Gasteiger partial charge in [0.05, 0.1) is 7.11 Å². The van der Waals surface area contributed by atoms with Crippen LogP contribution in [0.25, 0.3) is 10.8 Å². The van der Waals surface area contributed by atoms with E-state index in [2.05, 4.69) is 44.2 Å². The summed E-state index contributed by atoms with van der Waals surface area (Å²) in [6, 6.07) is 12.5. The molecule has 0 saturated carbocycles. The summed E-state index contributed by atoms with van der Waals surface area (Å²) in [6.45, 7) is 4.46. The average molecular weight is 294 g/mol. The van der Waals surface area contributed by atoms with Crippen LogP contribution in [0.4, 0.5) is 0 Å². The molecule has 0 unspecified atom stereocenters. The van der Waals surface area contributed by atoms with Gasteiger partial charge in [0, 0.05) is 11.6 Å². The van der Waals surface area contributed by atoms with Crippen molar-refractivity contribution in [2.45, 2.75) is 32.7 Å². The molecule has 1 atom stereocenters. The van der Waals surface area contributed by atoms with E-state index in [-0.39, 0.29) is 18.4 Å². The van der Waals surface area contributed by atoms with Gasteiger partial charge in [-0.25, -0.2) is 0 Å². The smallest absolute Gasteiger partial charge is 0.124 e. The molecule has 0 bridgehead atoms. The molecule has 0 aliphatic heterocycles. The van der Waals surface area contributed by atoms with E-state index in [9.17, 15) is 0 Å². The molecule has 110 valence electrons. The number of hydrogen-bond acceptors (Lipinski definition) is 2. The van der Waals surface area contributed by atoms with Gasteiger partial charge in [-0.3, -0.25) is 0 Å². The molecule has 2 aromatic carbocycles. The predicted octanol–water partition coefficient (Wildman–Crippen LogP) is 4.71. The minimum absolute atomic E-state index is 0. The Balaban J connectivity index is 0.00000200. The summed E-state index contributed by atoms with van der Waals surface area (Å²) >= 11 is 0. The Labute approximate surface area is 127 Å². The first-order valence-corrected chi connectivity index (χ1v) is 6.94. The molecule has 0 spiro atoms. The number of rotatable bonds is 5. The molecule has 0 amide bonds. The molecule has 3 heteroatoms. The van der Waals surface area contributed by atoms with Gasteiger partial charge in [0.1, 0.15) is 5.75 Å². The van der Waals surface area contributed by atoms with Crippen molar-refractivity contribution in [3.63, 3.8) is 0 Å². The van der Waals surface area contributed by atoms with E-state index in [0.29, 0.717) is 5.92 Å². The van der Waals surface area contributed by atoms with Crippen LogP contribution >= 0.6 is 12.4 Å². The van der Waals surface area contributed by atoms with E-state index < -0.39 is 0 Å². The number of fused-ring (bicyclic) bond motifs is 1. The molecule has 0 aromatic heterocycles. The van der Waals surface area contributed by atoms with Gasteiger partial charge in [0.15, 0.2) is 0 Å². The zero-order valence-corrected chi connectivity index (χ0v) is 13.2. The summed E-state index contributed by atoms with van der Waals surface area (Å²) in [5.41, 5.74) is 7.55. The third-order valence-corrected chi connectivity index (χ3v) is 3.58. The average Bonchev–Trinajstić information content (AvgIpc) is 2.43. The Bertz CT molecular complexity index is 554. The monoisotopic (exact) mass is 293 g/mol. The van der Waals surface area contributed by atoms with Crippen LogP contribution < -0.4 is 10.5 Å². The normalized spacial score (nSPS) is 12.2. The van der Waals surface area contributed by atoms with Gasteiger partial charge in [-0.1, -0.05) is 44.2 Å². The lowest BCUT2D eigenvalue weighted by Gasteiger charge is -2.19. The van der Waals surface area contributed by atoms with Crippen molar-refractivity contribution in [2.24, 2.45) is 11.7 Å². The molecule has 2 aromatic rings. The minimum atomic E-state index is 0. The summed E-state index contributed by atoms with van der Waals surface area (Å²) in [4.78, 5) is 0. The molecular formula is C17H24ClNO. The van der Waals surface area contributed by atoms with Crippen molar-refractivity contribution >= 4 is 23.2 Å². The molecule has 20 heavy (non-hydrogen) atoms. The van der Waals surface area contributed by atoms with E-state index in [1.54, 1.807) is 7.11 Å². The fourth-order valence-corrected chi connectivity index (χ4v) is 2.49. The van der Waals surface area contributed by atoms with Crippen LogP contribution in [-0.2, 0) is 0 Å². The van der Waals surface area contributed by atoms with Crippen molar-refractivity contribution in [3.05, 3.63) is 42.0 Å². The van der Waals surface area contributed by atoms with Crippen LogP contribution in [-0.4, -0.2) is 7.11 Å². The molecule has 0 radical (unpaired) electrons. The largest absolute Gasteiger partial charge is 0.496 e. The van der Waals surface area contributed by atoms with E-state index in [1.165, 1.54) is 10.8 Å². The van der Waals surface area contributed by atoms with Gasteiger partial charge in [-0.15, -0.1) is 12.4 Å². The Morgan fingerprint density at radius 2 is 1.75 bits per heavy atom. The lowest BCUT2D eigenvalue weighted by atomic mass is 9.93. The van der Waals surface area contributed by atoms with Crippen molar-refractivity contribution < 1.29 is 4.74 Å². The number of halogens is 1. The lowest BCUT2D eigenvalue weighted by molar-refractivity contribution is 0.402. The second-order valence-corrected chi connectivity index (χ2v) is 5.48. The molecule has 0 heterocycles. The first kappa shape index (κ1) is 16.8. The van der Waals surface area contributed by atoms with Crippen molar-refractivity contribution in [3.8, 4) is 5.75 Å². The molecule has 2 N–H and O–H groups in total. The van der Waals surface area contributed by atoms with Crippen LogP contribution in [0.15, 0.2) is 36.4 Å². The number of ether oxygens (including phenoxy) is 1. The fourth-order valence-electron chi connectivity index (χ4n) is 2.49. The summed E-state index contributed by atoms with van der Waals surface area (Å²) in [5, 5.41) is 2.43. The van der Waals surface area contributed by atoms with Crippen LogP contribution in [0.5, 0.6) is 5.75 Å². The van der Waals surface area contributed by atoms with Gasteiger partial charge >= 0.3 is 0 Å². The molecule has 2 rings (SSSR count). The molecule has 0 aliphatic carbocycles. The molecular weight excluding hydrogens is 270 g/mol. The quantitative estimate of drug-likeness (QED) is 0.867. The Kier molecular flexibility index (Phi) is 6.31. The van der Waals surface area contributed by atoms with Gasteiger partial charge in [0.2, 0.25) is 0 Å². The van der Waals surface area contributed by atoms with Gasteiger partial charge in [-0.05, 0) is 35.6 Å². The van der Waals surface area contributed by atoms with Crippen molar-refractivity contribution in [2.75, 3.05) is 7.11 Å². The molecule has 0 saturated heterocycles. The standard InChI is InChI=1S/C17H23NO.ClH/c1-12(2)8-10-15(18)17-14-7-5-4-6-13(14)9-11-16(17)19-3;/h4-7,9,11-12,15H,8,10,18H2,1-3H3;1H/t15-;/m1./s1. The maximum Gasteiger partial charge on any atom is 0.124 e. The highest BCUT2D eigenvalue weighted by Crippen LogP contribution is 2.34. The van der Waals surface area contributed by atoms with E-state index in [4.69, 9.17) is 10.5 Å². The summed E-state index contributed by atoms with van der Waals surface area (Å²) < 4.78 is 5.50. The maximum atomic E-state index is 6.41. The minimum Gasteiger partial charge on any atom is -0.496 e. The highest BCUT2D eigenvalue weighted by molar-refractivity contribution is 5.88. The number of nitrogens with two attached hydrogens (primary N) is 1. The molecule has 2 nitrogen and oxygen atoms in total. The predicted molar refractivity (Wildman–Crippen MR) is 88.7 cm³/mol. The molecule has 0 fully saturated rings. The Morgan fingerprint density at radius 3 is 2.40 bits per heavy atom. The Morgan fingerprint density at radius 1 is 1.05 bits per heavy atom. The van der Waals surface area contributed by atoms with Gasteiger partial charge in [-0.2, -0.15) is 0 Å². The highest BCUT2D eigenvalue weighted by Gasteiger charge is 2.15. The lowest BCUT2D eigenvalue weighted by Crippen LogP contribution is -2.13. The number of hydrogen-bond donors (Lipinski definition) is 1. The third-order valence-electron chi connectivity index (χ3n) is 3.58. The fraction of sp³-hybridized carbons (Fsp3) is 0.412. The first-order valence-electron chi connectivity index (χ1n) is 6.94. The van der Waals surface area contributed by atoms with Crippen molar-refractivity contribution in [1.82, 2.24) is 0 Å². The maximum absolute atomic E-state index is 6.41. The zero-order valence-electron chi connectivity index (χ0n) is 12.4. The number of benzene rings is 2. The second kappa shape index (κ2) is 7.51. The molecule has 0 aliphatic rings. The van der Waals surface area contributed by atoms with Gasteiger partial charge in [0.25, 0.3) is 0 Å². The van der Waals surface area contributed by atoms with Crippen molar-refractivity contribution in [1.29, 1.82) is 0 Å². The topological polar surface area (TPSA) is 35.2 Å². The Hall–Kier alpha value is -1.25. The highest BCUT2D eigenvalue weighted by atomic mass is 35.5.